The number of hydrogen-bond donors (Lipinski definition) is 2. The molecule has 2 aliphatic heterocycles. The summed E-state index contributed by atoms with van der Waals surface area (Å²) < 4.78 is 40.4. The van der Waals surface area contributed by atoms with Crippen molar-refractivity contribution in [1.29, 1.82) is 0 Å². The van der Waals surface area contributed by atoms with Gasteiger partial charge in [0.1, 0.15) is 22.1 Å². The van der Waals surface area contributed by atoms with E-state index in [1.165, 1.54) is 4.90 Å². The van der Waals surface area contributed by atoms with E-state index in [1.807, 2.05) is 0 Å². The van der Waals surface area contributed by atoms with E-state index in [4.69, 9.17) is 9.47 Å². The number of likely N-dealkylation sites (tertiary alicyclic amines) is 1. The van der Waals surface area contributed by atoms with E-state index >= 15 is 0 Å². The molecule has 3 heterocycles. The fraction of sp³-hybridized carbons (Fsp3) is 0.667. The van der Waals surface area contributed by atoms with Gasteiger partial charge >= 0.3 is 12.0 Å². The van der Waals surface area contributed by atoms with Gasteiger partial charge in [0, 0.05) is 31.2 Å². The van der Waals surface area contributed by atoms with Crippen LogP contribution in [0.2, 0.25) is 0 Å². The van der Waals surface area contributed by atoms with E-state index in [9.17, 15) is 23.2 Å². The molecule has 9 nitrogen and oxygen atoms in total. The van der Waals surface area contributed by atoms with Crippen molar-refractivity contribution < 1.29 is 32.6 Å². The highest BCUT2D eigenvalue weighted by atomic mass is 79.9. The lowest BCUT2D eigenvalue weighted by molar-refractivity contribution is -0.146. The Morgan fingerprint density at radius 3 is 2.69 bits per heavy atom. The number of ether oxygens (including phenoxy) is 2. The third-order valence-corrected chi connectivity index (χ3v) is 6.66. The predicted molar refractivity (Wildman–Crippen MR) is 131 cm³/mol. The second-order valence-corrected chi connectivity index (χ2v) is 11.0. The second-order valence-electron chi connectivity index (χ2n) is 10.2. The first-order chi connectivity index (χ1) is 16.8. The van der Waals surface area contributed by atoms with Gasteiger partial charge in [0.15, 0.2) is 0 Å². The van der Waals surface area contributed by atoms with Crippen molar-refractivity contribution in [2.75, 3.05) is 18.5 Å². The molecule has 3 rings (SSSR count). The highest BCUT2D eigenvalue weighted by Gasteiger charge is 2.47. The van der Waals surface area contributed by atoms with Crippen molar-refractivity contribution >= 4 is 39.7 Å². The average molecular weight is 575 g/mol. The van der Waals surface area contributed by atoms with E-state index < -0.39 is 53.9 Å². The second kappa shape index (κ2) is 11.4. The molecule has 0 radical (unpaired) electrons. The number of hydrogen-bond acceptors (Lipinski definition) is 6. The van der Waals surface area contributed by atoms with Crippen LogP contribution >= 0.6 is 15.9 Å². The summed E-state index contributed by atoms with van der Waals surface area (Å²) >= 11 is 3.30. The van der Waals surface area contributed by atoms with E-state index in [-0.39, 0.29) is 38.4 Å². The zero-order valence-corrected chi connectivity index (χ0v) is 22.5. The highest BCUT2D eigenvalue weighted by molar-refractivity contribution is 9.10. The molecule has 0 aromatic carbocycles. The van der Waals surface area contributed by atoms with E-state index in [0.29, 0.717) is 16.6 Å². The summed E-state index contributed by atoms with van der Waals surface area (Å²) in [5.74, 6) is -5.55. The maximum atomic E-state index is 14.4. The lowest BCUT2D eigenvalue weighted by atomic mass is 9.99. The molecule has 2 bridgehead atoms. The van der Waals surface area contributed by atoms with E-state index in [0.717, 1.165) is 0 Å². The van der Waals surface area contributed by atoms with Crippen molar-refractivity contribution in [2.24, 2.45) is 5.92 Å². The van der Waals surface area contributed by atoms with Crippen LogP contribution in [0, 0.1) is 5.92 Å². The van der Waals surface area contributed by atoms with Crippen LogP contribution in [0.25, 0.3) is 0 Å². The van der Waals surface area contributed by atoms with E-state index in [1.54, 1.807) is 39.8 Å². The first kappa shape index (κ1) is 28.2. The Balaban J connectivity index is 1.93. The number of aromatic nitrogens is 1. The number of halogens is 3. The maximum Gasteiger partial charge on any atom is 0.411 e. The van der Waals surface area contributed by atoms with Gasteiger partial charge in [-0.2, -0.15) is 8.78 Å². The summed E-state index contributed by atoms with van der Waals surface area (Å²) in [6.45, 7) is 7.04. The monoisotopic (exact) mass is 574 g/mol. The number of carbonyl (C=O) groups is 3. The molecule has 3 amide bonds. The Hall–Kier alpha value is -2.34. The van der Waals surface area contributed by atoms with Crippen LogP contribution in [0.15, 0.2) is 16.7 Å². The van der Waals surface area contributed by atoms with Crippen molar-refractivity contribution in [3.63, 3.8) is 0 Å². The average Bonchev–Trinajstić information content (AvgIpc) is 3.10. The number of fused-ring (bicyclic) bond motifs is 3. The minimum Gasteiger partial charge on any atom is -0.444 e. The van der Waals surface area contributed by atoms with Gasteiger partial charge in [-0.25, -0.2) is 9.78 Å². The molecular formula is C24H33BrF2N4O5. The molecule has 36 heavy (non-hydrogen) atoms. The lowest BCUT2D eigenvalue weighted by Crippen LogP contribution is -2.49. The number of alkyl halides is 2. The first-order valence-electron chi connectivity index (χ1n) is 12.0. The van der Waals surface area contributed by atoms with Crippen molar-refractivity contribution in [2.45, 2.75) is 83.6 Å². The number of rotatable bonds is 0. The SMILES string of the molecule is C[C@@H]1[C@H]2CNC(=O)C(F)(F)CCCCOCc3ccc(Br)nc3NC(=O)[C@H](C2)N1C(=O)OC(C)(C)C. The molecule has 2 aliphatic rings. The van der Waals surface area contributed by atoms with Crippen molar-refractivity contribution in [3.8, 4) is 0 Å². The Bertz CT molecular complexity index is 988. The van der Waals surface area contributed by atoms with Crippen LogP contribution in [0.3, 0.4) is 0 Å². The fourth-order valence-electron chi connectivity index (χ4n) is 4.29. The maximum absolute atomic E-state index is 14.4. The number of nitrogens with zero attached hydrogens (tertiary/aromatic N) is 2. The van der Waals surface area contributed by atoms with Crippen LogP contribution in [0.1, 0.15) is 58.9 Å². The minimum absolute atomic E-state index is 0.103. The lowest BCUT2D eigenvalue weighted by Gasteiger charge is -2.31. The van der Waals surface area contributed by atoms with Gasteiger partial charge in [-0.3, -0.25) is 14.5 Å². The summed E-state index contributed by atoms with van der Waals surface area (Å²) in [5, 5.41) is 5.12. The van der Waals surface area contributed by atoms with Gasteiger partial charge in [-0.15, -0.1) is 0 Å². The summed E-state index contributed by atoms with van der Waals surface area (Å²) in [4.78, 5) is 44.4. The molecule has 1 aromatic rings. The van der Waals surface area contributed by atoms with Crippen LogP contribution in [-0.2, 0) is 25.7 Å². The molecular weight excluding hydrogens is 542 g/mol. The summed E-state index contributed by atoms with van der Waals surface area (Å²) in [6.07, 6.45) is -0.689. The Morgan fingerprint density at radius 1 is 1.28 bits per heavy atom. The van der Waals surface area contributed by atoms with Crippen LogP contribution in [0.5, 0.6) is 0 Å². The number of pyridine rings is 1. The Kier molecular flexibility index (Phi) is 8.92. The topological polar surface area (TPSA) is 110 Å². The van der Waals surface area contributed by atoms with Gasteiger partial charge in [0.2, 0.25) is 5.91 Å². The molecule has 0 aliphatic carbocycles. The minimum atomic E-state index is -3.53. The largest absolute Gasteiger partial charge is 0.444 e. The number of nitrogens with one attached hydrogen (secondary N) is 2. The van der Waals surface area contributed by atoms with Crippen LogP contribution in [-0.4, -0.2) is 64.6 Å². The molecule has 0 spiro atoms. The third kappa shape index (κ3) is 7.12. The standard InChI is InChI=1S/C24H33BrF2N4O5/c1-14-16-11-17(31(14)22(34)36-23(2,3)4)20(32)30-19-15(7-8-18(25)29-19)13-35-10-6-5-9-24(26,27)21(33)28-12-16/h7-8,14,16-17H,5-6,9-13H2,1-4H3,(H,28,33)(H,29,30,32)/t14-,16-,17+/m1/s1. The van der Waals surface area contributed by atoms with Gasteiger partial charge in [0.05, 0.1) is 6.61 Å². The Labute approximate surface area is 217 Å². The number of carbonyl (C=O) groups excluding carboxylic acids is 3. The van der Waals surface area contributed by atoms with E-state index in [2.05, 4.69) is 31.5 Å². The third-order valence-electron chi connectivity index (χ3n) is 6.22. The molecule has 0 saturated carbocycles. The van der Waals surface area contributed by atoms with Crippen molar-refractivity contribution in [1.82, 2.24) is 15.2 Å². The quantitative estimate of drug-likeness (QED) is 0.448. The molecule has 2 N–H and O–H groups in total. The molecule has 200 valence electrons. The first-order valence-corrected chi connectivity index (χ1v) is 12.8. The van der Waals surface area contributed by atoms with Gasteiger partial charge in [-0.05, 0) is 74.9 Å². The summed E-state index contributed by atoms with van der Waals surface area (Å²) in [6, 6.07) is 1.93. The zero-order valence-electron chi connectivity index (χ0n) is 20.9. The van der Waals surface area contributed by atoms with Crippen LogP contribution in [0.4, 0.5) is 19.4 Å². The molecule has 1 saturated heterocycles. The molecule has 0 unspecified atom stereocenters. The number of anilines is 1. The van der Waals surface area contributed by atoms with Crippen LogP contribution < -0.4 is 10.6 Å². The number of amides is 3. The molecule has 1 fully saturated rings. The molecule has 3 atom stereocenters. The predicted octanol–water partition coefficient (Wildman–Crippen LogP) is 4.25. The smallest absolute Gasteiger partial charge is 0.411 e. The van der Waals surface area contributed by atoms with Gasteiger partial charge in [0.25, 0.3) is 5.91 Å². The highest BCUT2D eigenvalue weighted by Crippen LogP contribution is 2.33. The fourth-order valence-corrected chi connectivity index (χ4v) is 4.60. The molecule has 12 heteroatoms. The normalized spacial score (nSPS) is 25.9. The van der Waals surface area contributed by atoms with Crippen molar-refractivity contribution in [3.05, 3.63) is 22.3 Å². The molecule has 1 aromatic heterocycles. The Morgan fingerprint density at radius 2 is 2.00 bits per heavy atom. The summed E-state index contributed by atoms with van der Waals surface area (Å²) in [7, 11) is 0. The van der Waals surface area contributed by atoms with Gasteiger partial charge < -0.3 is 20.1 Å². The summed E-state index contributed by atoms with van der Waals surface area (Å²) in [5.41, 5.74) is -0.208. The zero-order chi connectivity index (χ0) is 26.7. The van der Waals surface area contributed by atoms with Gasteiger partial charge in [-0.1, -0.05) is 6.07 Å².